The van der Waals surface area contributed by atoms with Crippen molar-refractivity contribution in [2.45, 2.75) is 19.3 Å². The molecule has 0 aliphatic carbocycles. The largest absolute Gasteiger partial charge is 0.368 e. The maximum absolute atomic E-state index is 12.4. The van der Waals surface area contributed by atoms with Crippen molar-refractivity contribution in [1.82, 2.24) is 20.2 Å². The maximum Gasteiger partial charge on any atom is 0.323 e. The Bertz CT molecular complexity index is 1180. The third kappa shape index (κ3) is 6.26. The van der Waals surface area contributed by atoms with Gasteiger partial charge in [0.05, 0.1) is 12.1 Å². The first kappa shape index (κ1) is 23.1. The van der Waals surface area contributed by atoms with Gasteiger partial charge in [-0.3, -0.25) is 10.1 Å². The molecule has 4 rings (SSSR count). The first-order chi connectivity index (χ1) is 16.5. The number of carbonyl (C=O) groups is 2. The van der Waals surface area contributed by atoms with E-state index >= 15 is 0 Å². The second kappa shape index (κ2) is 10.7. The molecular weight excluding hydrogens is 450 g/mol. The van der Waals surface area contributed by atoms with Crippen LogP contribution in [0.25, 0.3) is 11.3 Å². The molecule has 1 aromatic heterocycles. The van der Waals surface area contributed by atoms with Gasteiger partial charge in [-0.15, -0.1) is 0 Å². The monoisotopic (exact) mass is 475 g/mol. The molecule has 5 N–H and O–H groups in total. The van der Waals surface area contributed by atoms with Crippen LogP contribution in [0, 0.1) is 0 Å². The molecule has 2 heterocycles. The number of amides is 3. The van der Waals surface area contributed by atoms with Gasteiger partial charge >= 0.3 is 6.03 Å². The Hall–Kier alpha value is -4.05. The van der Waals surface area contributed by atoms with E-state index in [-0.39, 0.29) is 29.4 Å². The average molecular weight is 476 g/mol. The molecule has 0 saturated carbocycles. The van der Waals surface area contributed by atoms with Crippen LogP contribution >= 0.6 is 12.2 Å². The van der Waals surface area contributed by atoms with E-state index in [1.54, 1.807) is 11.0 Å². The summed E-state index contributed by atoms with van der Waals surface area (Å²) < 4.78 is 0. The second-order valence-corrected chi connectivity index (χ2v) is 8.27. The number of nitrogens with zero attached hydrogens (tertiary/aromatic N) is 3. The summed E-state index contributed by atoms with van der Waals surface area (Å²) in [7, 11) is 0. The molecule has 34 heavy (non-hydrogen) atoms. The number of benzene rings is 2. The summed E-state index contributed by atoms with van der Waals surface area (Å²) in [6.07, 6.45) is 2.25. The van der Waals surface area contributed by atoms with Crippen LogP contribution in [-0.4, -0.2) is 45.0 Å². The van der Waals surface area contributed by atoms with E-state index in [1.165, 1.54) is 0 Å². The zero-order valence-electron chi connectivity index (χ0n) is 18.5. The van der Waals surface area contributed by atoms with Gasteiger partial charge in [0.2, 0.25) is 11.9 Å². The van der Waals surface area contributed by atoms with E-state index in [9.17, 15) is 9.59 Å². The number of aromatic nitrogens is 2. The van der Waals surface area contributed by atoms with Crippen LogP contribution in [0.2, 0.25) is 0 Å². The number of likely N-dealkylation sites (tertiary alicyclic amines) is 1. The van der Waals surface area contributed by atoms with Gasteiger partial charge in [0.15, 0.2) is 5.11 Å². The molecule has 3 amide bonds. The number of anilines is 3. The number of hydrogen-bond acceptors (Lipinski definition) is 6. The van der Waals surface area contributed by atoms with Gasteiger partial charge in [-0.25, -0.2) is 9.78 Å². The van der Waals surface area contributed by atoms with Gasteiger partial charge in [-0.1, -0.05) is 42.5 Å². The normalized spacial score (nSPS) is 12.8. The topological polar surface area (TPSA) is 125 Å². The van der Waals surface area contributed by atoms with Crippen LogP contribution in [0.5, 0.6) is 0 Å². The first-order valence-electron chi connectivity index (χ1n) is 10.9. The average Bonchev–Trinajstić information content (AvgIpc) is 3.35. The molecule has 2 aromatic carbocycles. The minimum atomic E-state index is -0.194. The third-order valence-corrected chi connectivity index (χ3v) is 5.47. The highest BCUT2D eigenvalue weighted by Crippen LogP contribution is 2.23. The first-order valence-corrected chi connectivity index (χ1v) is 11.3. The number of rotatable bonds is 5. The van der Waals surface area contributed by atoms with Gasteiger partial charge in [0, 0.05) is 30.4 Å². The fourth-order valence-corrected chi connectivity index (χ4v) is 3.86. The number of thiocarbonyl (C=S) groups is 1. The van der Waals surface area contributed by atoms with Crippen LogP contribution in [0.1, 0.15) is 18.4 Å². The molecule has 0 unspecified atom stereocenters. The fourth-order valence-electron chi connectivity index (χ4n) is 3.63. The molecule has 3 aromatic rings. The number of urea groups is 1. The Balaban J connectivity index is 1.36. The van der Waals surface area contributed by atoms with Gasteiger partial charge in [0.1, 0.15) is 5.82 Å². The quantitative estimate of drug-likeness (QED) is 0.417. The van der Waals surface area contributed by atoms with E-state index in [4.69, 9.17) is 18.0 Å². The minimum Gasteiger partial charge on any atom is -0.368 e. The number of carbonyl (C=O) groups excluding carboxylic acids is 2. The Morgan fingerprint density at radius 1 is 0.971 bits per heavy atom. The SMILES string of the molecule is Nc1nc(NC(=O)N2CCCC2)cc(-c2ccc(NC(=S)NC(=O)Cc3ccccc3)cc2)n1. The Morgan fingerprint density at radius 2 is 1.68 bits per heavy atom. The molecule has 1 fully saturated rings. The zero-order chi connectivity index (χ0) is 23.9. The van der Waals surface area contributed by atoms with Gasteiger partial charge in [-0.05, 0) is 42.8 Å². The highest BCUT2D eigenvalue weighted by Gasteiger charge is 2.18. The summed E-state index contributed by atoms with van der Waals surface area (Å²) in [5.41, 5.74) is 8.85. The zero-order valence-corrected chi connectivity index (χ0v) is 19.3. The Morgan fingerprint density at radius 3 is 2.38 bits per heavy atom. The predicted octanol–water partition coefficient (Wildman–Crippen LogP) is 3.41. The summed E-state index contributed by atoms with van der Waals surface area (Å²) in [5, 5.41) is 8.69. The van der Waals surface area contributed by atoms with E-state index < -0.39 is 0 Å². The van der Waals surface area contributed by atoms with E-state index in [0.29, 0.717) is 17.2 Å². The van der Waals surface area contributed by atoms with Crippen LogP contribution < -0.4 is 21.7 Å². The van der Waals surface area contributed by atoms with Crippen molar-refractivity contribution in [1.29, 1.82) is 0 Å². The number of hydrogen-bond donors (Lipinski definition) is 4. The van der Waals surface area contributed by atoms with Gasteiger partial charge < -0.3 is 21.3 Å². The van der Waals surface area contributed by atoms with Crippen molar-refractivity contribution in [2.24, 2.45) is 0 Å². The molecule has 9 nitrogen and oxygen atoms in total. The number of nitrogens with one attached hydrogen (secondary N) is 3. The number of nitrogen functional groups attached to an aromatic ring is 1. The summed E-state index contributed by atoms with van der Waals surface area (Å²) >= 11 is 5.25. The summed E-state index contributed by atoms with van der Waals surface area (Å²) in [6.45, 7) is 1.48. The fraction of sp³-hybridized carbons (Fsp3) is 0.208. The summed E-state index contributed by atoms with van der Waals surface area (Å²) in [4.78, 5) is 34.7. The van der Waals surface area contributed by atoms with Crippen molar-refractivity contribution in [3.63, 3.8) is 0 Å². The van der Waals surface area contributed by atoms with Crippen molar-refractivity contribution < 1.29 is 9.59 Å². The number of nitrogens with two attached hydrogens (primary N) is 1. The molecular formula is C24H25N7O2S. The van der Waals surface area contributed by atoms with E-state index in [2.05, 4.69) is 25.9 Å². The molecule has 174 valence electrons. The molecule has 0 spiro atoms. The van der Waals surface area contributed by atoms with E-state index in [0.717, 1.165) is 37.1 Å². The molecule has 0 atom stereocenters. The third-order valence-electron chi connectivity index (χ3n) is 5.27. The molecule has 0 bridgehead atoms. The van der Waals surface area contributed by atoms with Crippen molar-refractivity contribution in [3.8, 4) is 11.3 Å². The minimum absolute atomic E-state index is 0.0683. The molecule has 1 aliphatic rings. The van der Waals surface area contributed by atoms with Gasteiger partial charge in [-0.2, -0.15) is 4.98 Å². The molecule has 10 heteroatoms. The van der Waals surface area contributed by atoms with Crippen LogP contribution in [-0.2, 0) is 11.2 Å². The van der Waals surface area contributed by atoms with Crippen LogP contribution in [0.4, 0.5) is 22.2 Å². The van der Waals surface area contributed by atoms with E-state index in [1.807, 2.05) is 54.6 Å². The predicted molar refractivity (Wildman–Crippen MR) is 136 cm³/mol. The maximum atomic E-state index is 12.4. The summed E-state index contributed by atoms with van der Waals surface area (Å²) in [6, 6.07) is 18.2. The lowest BCUT2D eigenvalue weighted by Crippen LogP contribution is -2.35. The lowest BCUT2D eigenvalue weighted by Gasteiger charge is -2.16. The summed E-state index contributed by atoms with van der Waals surface area (Å²) in [5.74, 6) is 0.225. The standard InChI is InChI=1S/C24H25N7O2S/c25-22-27-19(15-20(28-22)29-24(33)31-12-4-5-13-31)17-8-10-18(11-9-17)26-23(34)30-21(32)14-16-6-2-1-3-7-16/h1-3,6-11,15H,4-5,12-14H2,(H2,26,30,32,34)(H3,25,27,28,29,33). The van der Waals surface area contributed by atoms with Crippen molar-refractivity contribution in [3.05, 3.63) is 66.2 Å². The van der Waals surface area contributed by atoms with Gasteiger partial charge in [0.25, 0.3) is 0 Å². The molecule has 1 aliphatic heterocycles. The Labute approximate surface area is 202 Å². The van der Waals surface area contributed by atoms with Crippen LogP contribution in [0.3, 0.4) is 0 Å². The highest BCUT2D eigenvalue weighted by atomic mass is 32.1. The van der Waals surface area contributed by atoms with Crippen molar-refractivity contribution >= 4 is 46.7 Å². The van der Waals surface area contributed by atoms with Crippen molar-refractivity contribution in [2.75, 3.05) is 29.5 Å². The highest BCUT2D eigenvalue weighted by molar-refractivity contribution is 7.80. The smallest absolute Gasteiger partial charge is 0.323 e. The second-order valence-electron chi connectivity index (χ2n) is 7.86. The Kier molecular flexibility index (Phi) is 7.28. The lowest BCUT2D eigenvalue weighted by molar-refractivity contribution is -0.119. The van der Waals surface area contributed by atoms with Crippen LogP contribution in [0.15, 0.2) is 60.7 Å². The lowest BCUT2D eigenvalue weighted by atomic mass is 10.1. The molecule has 0 radical (unpaired) electrons. The molecule has 1 saturated heterocycles.